The monoisotopic (exact) mass is 789 g/mol. The van der Waals surface area contributed by atoms with Crippen LogP contribution in [0.2, 0.25) is 0 Å². The van der Waals surface area contributed by atoms with Crippen molar-refractivity contribution in [2.45, 2.75) is 76.4 Å². The minimum atomic E-state index is -1.77. The van der Waals surface area contributed by atoms with Crippen molar-refractivity contribution >= 4 is 45.9 Å². The van der Waals surface area contributed by atoms with Crippen LogP contribution >= 0.6 is 0 Å². The molecule has 4 fully saturated rings. The molecule has 1 heterocycles. The number of ether oxygens (including phenoxy) is 2. The van der Waals surface area contributed by atoms with Gasteiger partial charge in [0.15, 0.2) is 12.4 Å². The topological polar surface area (TPSA) is 195 Å². The van der Waals surface area contributed by atoms with Crippen LogP contribution in [0.15, 0.2) is 84.7 Å². The Hall–Kier alpha value is -5.04. The third kappa shape index (κ3) is 6.98. The number of anilines is 1. The molecule has 0 saturated heterocycles. The number of aromatic nitrogens is 1. The number of carbonyl (C=O) groups is 5. The molecule has 0 aliphatic heterocycles. The van der Waals surface area contributed by atoms with E-state index in [1.54, 1.807) is 24.5 Å². The predicted octanol–water partition coefficient (Wildman–Crippen LogP) is 4.76. The summed E-state index contributed by atoms with van der Waals surface area (Å²) < 4.78 is 10.9. The van der Waals surface area contributed by atoms with Gasteiger partial charge in [0, 0.05) is 53.2 Å². The second-order valence-corrected chi connectivity index (χ2v) is 17.5. The number of esters is 2. The van der Waals surface area contributed by atoms with E-state index >= 15 is 0 Å². The number of hydrogen-bond acceptors (Lipinski definition) is 11. The van der Waals surface area contributed by atoms with E-state index in [2.05, 4.69) is 17.2 Å². The fourth-order valence-electron chi connectivity index (χ4n) is 10.9. The zero-order chi connectivity index (χ0) is 41.0. The third-order valence-electron chi connectivity index (χ3n) is 14.3. The fourth-order valence-corrected chi connectivity index (χ4v) is 10.9. The summed E-state index contributed by atoms with van der Waals surface area (Å²) in [6.07, 6.45) is 11.1. The molecule has 304 valence electrons. The summed E-state index contributed by atoms with van der Waals surface area (Å²) in [6, 6.07) is 14.9. The number of fused-ring (bicyclic) bond motifs is 6. The van der Waals surface area contributed by atoms with Gasteiger partial charge in [-0.3, -0.25) is 29.0 Å². The van der Waals surface area contributed by atoms with Gasteiger partial charge >= 0.3 is 11.9 Å². The molecule has 1 aromatic heterocycles. The van der Waals surface area contributed by atoms with Crippen molar-refractivity contribution in [3.05, 3.63) is 95.9 Å². The van der Waals surface area contributed by atoms with E-state index in [0.717, 1.165) is 40.3 Å². The van der Waals surface area contributed by atoms with E-state index in [4.69, 9.17) is 15.2 Å². The molecular formula is C46H51N3O9. The van der Waals surface area contributed by atoms with Crippen LogP contribution in [-0.2, 0) is 39.9 Å². The van der Waals surface area contributed by atoms with Crippen molar-refractivity contribution in [2.75, 3.05) is 25.1 Å². The van der Waals surface area contributed by atoms with Crippen LogP contribution < -0.4 is 11.1 Å². The summed E-state index contributed by atoms with van der Waals surface area (Å²) in [6.45, 7) is 3.55. The van der Waals surface area contributed by atoms with E-state index in [9.17, 15) is 34.2 Å². The summed E-state index contributed by atoms with van der Waals surface area (Å²) in [4.78, 5) is 68.9. The molecule has 10 atom stereocenters. The molecule has 0 radical (unpaired) electrons. The maximum absolute atomic E-state index is 13.7. The zero-order valence-corrected chi connectivity index (χ0v) is 32.9. The molecule has 3 unspecified atom stereocenters. The third-order valence-corrected chi connectivity index (χ3v) is 14.3. The maximum atomic E-state index is 13.7. The number of Topliss-reactive ketones (excluding diaryl/α,β-unsaturated/α-hetero) is 1. The molecule has 12 heteroatoms. The predicted molar refractivity (Wildman–Crippen MR) is 214 cm³/mol. The Balaban J connectivity index is 0.792. The standard InChI is InChI=1S/C46H51N3O9/c1-44-15-11-32(50)20-30(44)8-10-33-37-12-16-46(56,45(37,2)22-38(51)40(33)44)39(52)25-58-43(55)35-21-34(35)42(54)57-18-14-26-3-5-27(6-4-26)36(23-47)41(53)49-31-9-7-29-24-48-17-13-28(29)19-31/h3-7,9,11,13,15,17,19-20,24,33-38,40,51,56H,8,10,12,14,16,18,21-23,25,47H2,1-2H3,(H,49,53)/t33-,34?,35?,36?,37-,38-,40+,44-,45-,46-/m0/s1. The number of pyridine rings is 1. The van der Waals surface area contributed by atoms with E-state index in [1.165, 1.54) is 0 Å². The van der Waals surface area contributed by atoms with Crippen LogP contribution in [0, 0.1) is 40.4 Å². The minimum absolute atomic E-state index is 0.0233. The number of carbonyl (C=O) groups excluding carboxylic acids is 5. The number of nitrogens with zero attached hydrogens (tertiary/aromatic N) is 1. The van der Waals surface area contributed by atoms with Crippen molar-refractivity contribution in [1.82, 2.24) is 4.98 Å². The summed E-state index contributed by atoms with van der Waals surface area (Å²) in [5.74, 6) is -4.08. The molecule has 8 rings (SSSR count). The molecular weight excluding hydrogens is 739 g/mol. The molecule has 1 amide bonds. The number of hydrogen-bond donors (Lipinski definition) is 4. The van der Waals surface area contributed by atoms with Crippen LogP contribution in [0.5, 0.6) is 0 Å². The van der Waals surface area contributed by atoms with Crippen molar-refractivity contribution < 1.29 is 43.7 Å². The molecule has 3 aromatic rings. The number of allylic oxidation sites excluding steroid dienone is 4. The smallest absolute Gasteiger partial charge is 0.310 e. The first-order valence-corrected chi connectivity index (χ1v) is 20.4. The molecule has 4 saturated carbocycles. The number of benzene rings is 2. The number of aliphatic hydroxyl groups is 2. The molecule has 2 aromatic carbocycles. The van der Waals surface area contributed by atoms with Crippen LogP contribution in [0.4, 0.5) is 5.69 Å². The van der Waals surface area contributed by atoms with Crippen molar-refractivity contribution in [3.63, 3.8) is 0 Å². The maximum Gasteiger partial charge on any atom is 0.310 e. The summed E-state index contributed by atoms with van der Waals surface area (Å²) in [5, 5.41) is 28.5. The second-order valence-electron chi connectivity index (χ2n) is 17.5. The largest absolute Gasteiger partial charge is 0.465 e. The first-order valence-electron chi connectivity index (χ1n) is 20.4. The normalized spacial score (nSPS) is 32.6. The number of rotatable bonds is 12. The lowest BCUT2D eigenvalue weighted by Crippen LogP contribution is -2.61. The molecule has 0 bridgehead atoms. The van der Waals surface area contributed by atoms with Crippen LogP contribution in [0.3, 0.4) is 0 Å². The quantitative estimate of drug-likeness (QED) is 0.185. The van der Waals surface area contributed by atoms with Gasteiger partial charge in [0.05, 0.1) is 30.5 Å². The number of aliphatic hydroxyl groups excluding tert-OH is 1. The van der Waals surface area contributed by atoms with E-state index in [0.29, 0.717) is 18.5 Å². The van der Waals surface area contributed by atoms with Crippen molar-refractivity contribution in [2.24, 2.45) is 46.2 Å². The van der Waals surface area contributed by atoms with Gasteiger partial charge in [0.1, 0.15) is 5.60 Å². The van der Waals surface area contributed by atoms with E-state index in [1.807, 2.05) is 61.5 Å². The Morgan fingerprint density at radius 2 is 1.76 bits per heavy atom. The highest BCUT2D eigenvalue weighted by molar-refractivity contribution is 6.01. The Bertz CT molecular complexity index is 2220. The van der Waals surface area contributed by atoms with Gasteiger partial charge in [-0.15, -0.1) is 0 Å². The lowest BCUT2D eigenvalue weighted by Gasteiger charge is -2.59. The first kappa shape index (κ1) is 39.8. The Kier molecular flexibility index (Phi) is 10.5. The Labute approximate surface area is 337 Å². The molecule has 5 aliphatic rings. The number of nitrogens with one attached hydrogen (secondary N) is 1. The van der Waals surface area contributed by atoms with Gasteiger partial charge in [-0.05, 0) is 97.2 Å². The molecule has 12 nitrogen and oxygen atoms in total. The summed E-state index contributed by atoms with van der Waals surface area (Å²) in [7, 11) is 0. The summed E-state index contributed by atoms with van der Waals surface area (Å²) >= 11 is 0. The van der Waals surface area contributed by atoms with Gasteiger partial charge in [-0.2, -0.15) is 0 Å². The average Bonchev–Trinajstić information content (AvgIpc) is 3.97. The van der Waals surface area contributed by atoms with E-state index < -0.39 is 64.6 Å². The fraction of sp³-hybridized carbons (Fsp3) is 0.478. The van der Waals surface area contributed by atoms with Gasteiger partial charge in [0.25, 0.3) is 0 Å². The van der Waals surface area contributed by atoms with Gasteiger partial charge in [-0.25, -0.2) is 0 Å². The number of amides is 1. The Morgan fingerprint density at radius 1 is 1.00 bits per heavy atom. The molecule has 5 aliphatic carbocycles. The lowest BCUT2D eigenvalue weighted by atomic mass is 9.46. The zero-order valence-electron chi connectivity index (χ0n) is 32.9. The van der Waals surface area contributed by atoms with Crippen LogP contribution in [0.1, 0.15) is 69.4 Å². The van der Waals surface area contributed by atoms with Crippen molar-refractivity contribution in [1.29, 1.82) is 0 Å². The highest BCUT2D eigenvalue weighted by atomic mass is 16.5. The van der Waals surface area contributed by atoms with Crippen molar-refractivity contribution in [3.8, 4) is 0 Å². The average molecular weight is 790 g/mol. The summed E-state index contributed by atoms with van der Waals surface area (Å²) in [5.41, 5.74) is 6.22. The highest BCUT2D eigenvalue weighted by Gasteiger charge is 2.68. The second kappa shape index (κ2) is 15.3. The molecule has 0 spiro atoms. The Morgan fingerprint density at radius 3 is 2.52 bits per heavy atom. The number of nitrogens with two attached hydrogens (primary N) is 1. The molecule has 5 N–H and O–H groups in total. The van der Waals surface area contributed by atoms with Gasteiger partial charge in [-0.1, -0.05) is 55.8 Å². The SMILES string of the molecule is C[C@]12C=CC(=O)C=C1CC[C@@H]1[C@@H]2[C@@H](O)C[C@@]2(C)[C@H]1CC[C@]2(O)C(=O)COC(=O)C1CC1C(=O)OCCc1ccc(C(CN)C(=O)Nc2ccc3cnccc3c2)cc1. The highest BCUT2D eigenvalue weighted by Crippen LogP contribution is 2.67. The first-order chi connectivity index (χ1) is 27.8. The number of ketones is 2. The van der Waals surface area contributed by atoms with E-state index in [-0.39, 0.29) is 61.9 Å². The molecule has 58 heavy (non-hydrogen) atoms. The van der Waals surface area contributed by atoms with Gasteiger partial charge in [0.2, 0.25) is 11.7 Å². The van der Waals surface area contributed by atoms with Crippen LogP contribution in [0.25, 0.3) is 10.8 Å². The van der Waals surface area contributed by atoms with Crippen LogP contribution in [-0.4, -0.2) is 76.1 Å². The lowest BCUT2D eigenvalue weighted by molar-refractivity contribution is -0.181. The minimum Gasteiger partial charge on any atom is -0.465 e. The van der Waals surface area contributed by atoms with Gasteiger partial charge < -0.3 is 30.7 Å².